The number of hydrogen-bond donors (Lipinski definition) is 1. The van der Waals surface area contributed by atoms with E-state index in [1.807, 2.05) is 0 Å². The molecular weight excluding hydrogens is 244 g/mol. The van der Waals surface area contributed by atoms with E-state index in [4.69, 9.17) is 0 Å². The van der Waals surface area contributed by atoms with E-state index in [9.17, 15) is 0 Å². The fraction of sp³-hybridized carbons (Fsp3) is 1.00. The molecule has 3 unspecified atom stereocenters. The first kappa shape index (κ1) is 16.3. The van der Waals surface area contributed by atoms with Gasteiger partial charge in [-0.3, -0.25) is 4.90 Å². The van der Waals surface area contributed by atoms with Gasteiger partial charge in [0.05, 0.1) is 0 Å². The smallest absolute Gasteiger partial charge is 0.0226 e. The van der Waals surface area contributed by atoms with Crippen LogP contribution in [-0.4, -0.2) is 36.1 Å². The zero-order valence-corrected chi connectivity index (χ0v) is 14.2. The first-order valence-corrected chi connectivity index (χ1v) is 9.11. The van der Waals surface area contributed by atoms with Crippen molar-refractivity contribution in [1.29, 1.82) is 0 Å². The van der Waals surface area contributed by atoms with Crippen LogP contribution >= 0.6 is 0 Å². The summed E-state index contributed by atoms with van der Waals surface area (Å²) in [4.78, 5) is 2.83. The van der Waals surface area contributed by atoms with Crippen molar-refractivity contribution in [3.05, 3.63) is 0 Å². The van der Waals surface area contributed by atoms with Gasteiger partial charge in [-0.1, -0.05) is 40.0 Å². The Hall–Kier alpha value is -0.0800. The van der Waals surface area contributed by atoms with Crippen LogP contribution in [0, 0.1) is 11.8 Å². The van der Waals surface area contributed by atoms with Gasteiger partial charge in [0.15, 0.2) is 0 Å². The van der Waals surface area contributed by atoms with Crippen molar-refractivity contribution in [2.75, 3.05) is 13.1 Å². The third-order valence-corrected chi connectivity index (χ3v) is 5.61. The molecule has 0 aromatic rings. The van der Waals surface area contributed by atoms with Gasteiger partial charge in [-0.25, -0.2) is 0 Å². The standard InChI is InChI=1S/C18H36N2/c1-5-15(4)20-13-18(16-9-7-6-8-10-16)19-12-17(20)11-14(2)3/h14-19H,5-13H2,1-4H3. The average molecular weight is 280 g/mol. The van der Waals surface area contributed by atoms with Crippen molar-refractivity contribution in [3.63, 3.8) is 0 Å². The molecule has 0 amide bonds. The van der Waals surface area contributed by atoms with E-state index >= 15 is 0 Å². The normalized spacial score (nSPS) is 31.6. The van der Waals surface area contributed by atoms with E-state index in [-0.39, 0.29) is 0 Å². The molecule has 1 N–H and O–H groups in total. The van der Waals surface area contributed by atoms with Crippen molar-refractivity contribution < 1.29 is 0 Å². The number of hydrogen-bond acceptors (Lipinski definition) is 2. The van der Waals surface area contributed by atoms with Gasteiger partial charge in [0.1, 0.15) is 0 Å². The van der Waals surface area contributed by atoms with Gasteiger partial charge in [0.25, 0.3) is 0 Å². The van der Waals surface area contributed by atoms with Crippen molar-refractivity contribution in [3.8, 4) is 0 Å². The second-order valence-electron chi connectivity index (χ2n) is 7.65. The second kappa shape index (κ2) is 7.79. The molecule has 0 bridgehead atoms. The first-order valence-electron chi connectivity index (χ1n) is 9.11. The minimum Gasteiger partial charge on any atom is -0.311 e. The van der Waals surface area contributed by atoms with Crippen LogP contribution in [0.4, 0.5) is 0 Å². The van der Waals surface area contributed by atoms with Crippen LogP contribution < -0.4 is 5.32 Å². The molecule has 1 saturated carbocycles. The third kappa shape index (κ3) is 4.21. The Morgan fingerprint density at radius 1 is 1.10 bits per heavy atom. The molecular formula is C18H36N2. The maximum absolute atomic E-state index is 3.91. The molecule has 0 aromatic heterocycles. The molecule has 20 heavy (non-hydrogen) atoms. The van der Waals surface area contributed by atoms with Crippen molar-refractivity contribution in [2.45, 2.75) is 90.8 Å². The Morgan fingerprint density at radius 2 is 1.80 bits per heavy atom. The highest BCUT2D eigenvalue weighted by molar-refractivity contribution is 4.92. The topological polar surface area (TPSA) is 15.3 Å². The Balaban J connectivity index is 1.96. The van der Waals surface area contributed by atoms with Crippen LogP contribution in [0.25, 0.3) is 0 Å². The summed E-state index contributed by atoms with van der Waals surface area (Å²) in [5.41, 5.74) is 0. The Kier molecular flexibility index (Phi) is 6.35. The number of nitrogens with zero attached hydrogens (tertiary/aromatic N) is 1. The Morgan fingerprint density at radius 3 is 2.40 bits per heavy atom. The highest BCUT2D eigenvalue weighted by Crippen LogP contribution is 2.30. The second-order valence-corrected chi connectivity index (χ2v) is 7.65. The van der Waals surface area contributed by atoms with Crippen LogP contribution in [0.15, 0.2) is 0 Å². The molecule has 1 saturated heterocycles. The van der Waals surface area contributed by atoms with E-state index in [0.29, 0.717) is 0 Å². The lowest BCUT2D eigenvalue weighted by molar-refractivity contribution is 0.0525. The van der Waals surface area contributed by atoms with Crippen LogP contribution in [0.5, 0.6) is 0 Å². The molecule has 0 spiro atoms. The monoisotopic (exact) mass is 280 g/mol. The van der Waals surface area contributed by atoms with Gasteiger partial charge in [-0.2, -0.15) is 0 Å². The van der Waals surface area contributed by atoms with Gasteiger partial charge in [0.2, 0.25) is 0 Å². The van der Waals surface area contributed by atoms with Gasteiger partial charge < -0.3 is 5.32 Å². The lowest BCUT2D eigenvalue weighted by atomic mass is 9.82. The first-order chi connectivity index (χ1) is 9.61. The third-order valence-electron chi connectivity index (χ3n) is 5.61. The average Bonchev–Trinajstić information content (AvgIpc) is 2.47. The maximum atomic E-state index is 3.91. The quantitative estimate of drug-likeness (QED) is 0.817. The highest BCUT2D eigenvalue weighted by atomic mass is 15.3. The lowest BCUT2D eigenvalue weighted by Crippen LogP contribution is -2.61. The molecule has 3 atom stereocenters. The summed E-state index contributed by atoms with van der Waals surface area (Å²) in [5.74, 6) is 1.75. The van der Waals surface area contributed by atoms with E-state index in [1.54, 1.807) is 0 Å². The van der Waals surface area contributed by atoms with Crippen LogP contribution in [0.3, 0.4) is 0 Å². The maximum Gasteiger partial charge on any atom is 0.0226 e. The summed E-state index contributed by atoms with van der Waals surface area (Å²) in [7, 11) is 0. The minimum absolute atomic E-state index is 0.743. The zero-order valence-electron chi connectivity index (χ0n) is 14.2. The van der Waals surface area contributed by atoms with Gasteiger partial charge >= 0.3 is 0 Å². The fourth-order valence-corrected chi connectivity index (χ4v) is 4.23. The van der Waals surface area contributed by atoms with Crippen molar-refractivity contribution in [2.24, 2.45) is 11.8 Å². The Bertz CT molecular complexity index is 271. The van der Waals surface area contributed by atoms with Crippen molar-refractivity contribution in [1.82, 2.24) is 10.2 Å². The van der Waals surface area contributed by atoms with Crippen molar-refractivity contribution >= 4 is 0 Å². The number of nitrogens with one attached hydrogen (secondary N) is 1. The molecule has 118 valence electrons. The molecule has 1 aliphatic carbocycles. The summed E-state index contributed by atoms with van der Waals surface area (Å²) in [6, 6.07) is 2.25. The molecule has 2 heteroatoms. The summed E-state index contributed by atoms with van der Waals surface area (Å²) < 4.78 is 0. The van der Waals surface area contributed by atoms with Crippen LogP contribution in [-0.2, 0) is 0 Å². The number of rotatable bonds is 5. The molecule has 2 rings (SSSR count). The molecule has 0 aromatic carbocycles. The van der Waals surface area contributed by atoms with Crippen LogP contribution in [0.1, 0.15) is 72.6 Å². The van der Waals surface area contributed by atoms with Gasteiger partial charge in [0, 0.05) is 31.2 Å². The molecule has 1 aliphatic heterocycles. The lowest BCUT2D eigenvalue weighted by Gasteiger charge is -2.47. The minimum atomic E-state index is 0.743. The predicted molar refractivity (Wildman–Crippen MR) is 88.1 cm³/mol. The summed E-state index contributed by atoms with van der Waals surface area (Å²) >= 11 is 0. The molecule has 2 fully saturated rings. The van der Waals surface area contributed by atoms with Crippen LogP contribution in [0.2, 0.25) is 0 Å². The largest absolute Gasteiger partial charge is 0.311 e. The fourth-order valence-electron chi connectivity index (χ4n) is 4.23. The zero-order chi connectivity index (χ0) is 14.5. The number of piperazine rings is 1. The van der Waals surface area contributed by atoms with E-state index in [0.717, 1.165) is 30.0 Å². The predicted octanol–water partition coefficient (Wildman–Crippen LogP) is 4.05. The molecule has 2 nitrogen and oxygen atoms in total. The summed E-state index contributed by atoms with van der Waals surface area (Å²) in [6.07, 6.45) is 9.93. The molecule has 1 heterocycles. The highest BCUT2D eigenvalue weighted by Gasteiger charge is 2.34. The van der Waals surface area contributed by atoms with E-state index in [1.165, 1.54) is 58.0 Å². The summed E-state index contributed by atoms with van der Waals surface area (Å²) in [6.45, 7) is 12.0. The van der Waals surface area contributed by atoms with E-state index in [2.05, 4.69) is 37.9 Å². The Labute approximate surface area is 126 Å². The van der Waals surface area contributed by atoms with Gasteiger partial charge in [-0.15, -0.1) is 0 Å². The molecule has 0 radical (unpaired) electrons. The SMILES string of the molecule is CCC(C)N1CC(C2CCCCC2)NCC1CC(C)C. The van der Waals surface area contributed by atoms with E-state index < -0.39 is 0 Å². The summed E-state index contributed by atoms with van der Waals surface area (Å²) in [5, 5.41) is 3.91. The van der Waals surface area contributed by atoms with Gasteiger partial charge in [-0.05, 0) is 44.4 Å². The molecule has 2 aliphatic rings.